The fourth-order valence-electron chi connectivity index (χ4n) is 1.24. The van der Waals surface area contributed by atoms with Crippen molar-refractivity contribution in [2.45, 2.75) is 0 Å². The lowest BCUT2D eigenvalue weighted by atomic mass is 10.6. The van der Waals surface area contributed by atoms with Crippen LogP contribution in [0.2, 0.25) is 0 Å². The summed E-state index contributed by atoms with van der Waals surface area (Å²) in [4.78, 5) is 19.3. The topological polar surface area (TPSA) is 145 Å². The summed E-state index contributed by atoms with van der Waals surface area (Å²) < 4.78 is 23.1. The Bertz CT molecular complexity index is 656. The third-order valence-corrected chi connectivity index (χ3v) is 4.63. The van der Waals surface area contributed by atoms with Gasteiger partial charge in [0.1, 0.15) is 0 Å². The van der Waals surface area contributed by atoms with E-state index in [4.69, 9.17) is 0 Å². The molecule has 0 N–H and O–H groups in total. The van der Waals surface area contributed by atoms with Gasteiger partial charge in [-0.05, 0) is 12.2 Å². The van der Waals surface area contributed by atoms with Gasteiger partial charge in [0.05, 0.1) is 9.85 Å². The summed E-state index contributed by atoms with van der Waals surface area (Å²) in [5.74, 6) is 0. The first kappa shape index (κ1) is 14.1. The van der Waals surface area contributed by atoms with Crippen LogP contribution in [0.5, 0.6) is 0 Å². The van der Waals surface area contributed by atoms with E-state index in [0.29, 0.717) is 0 Å². The van der Waals surface area contributed by atoms with Gasteiger partial charge >= 0.3 is 10.1 Å². The molecule has 104 valence electrons. The number of azo groups is 1. The summed E-state index contributed by atoms with van der Waals surface area (Å²) in [6.07, 6.45) is 4.31. The first-order valence-electron chi connectivity index (χ1n) is 4.80. The summed E-state index contributed by atoms with van der Waals surface area (Å²) >= 11 is 0. The van der Waals surface area contributed by atoms with Crippen LogP contribution < -0.4 is 0 Å². The van der Waals surface area contributed by atoms with Gasteiger partial charge in [0, 0.05) is 12.2 Å². The van der Waals surface area contributed by atoms with E-state index in [1.165, 1.54) is 0 Å². The molecule has 20 heavy (non-hydrogen) atoms. The minimum absolute atomic E-state index is 0.191. The predicted octanol–water partition coefficient (Wildman–Crippen LogP) is 0.882. The van der Waals surface area contributed by atoms with Crippen molar-refractivity contribution in [2.24, 2.45) is 10.2 Å². The molecule has 0 saturated carbocycles. The van der Waals surface area contributed by atoms with Crippen LogP contribution in [0, 0.1) is 20.2 Å². The van der Waals surface area contributed by atoms with E-state index in [2.05, 4.69) is 10.2 Å². The molecule has 0 aromatic heterocycles. The highest BCUT2D eigenvalue weighted by Crippen LogP contribution is 2.25. The van der Waals surface area contributed by atoms with Crippen LogP contribution in [0.1, 0.15) is 0 Å². The standard InChI is InChI=1S/C8H4N4O6S2/c13-11(14)7-3-1-5(19(7)17)9-10-6-2-4-8(12(15)16)20(6)18/h1-4H/b10-9-. The molecule has 2 aliphatic rings. The lowest BCUT2D eigenvalue weighted by Crippen LogP contribution is -2.03. The molecule has 2 unspecified atom stereocenters. The highest BCUT2D eigenvalue weighted by molar-refractivity contribution is 7.93. The molecule has 10 nitrogen and oxygen atoms in total. The van der Waals surface area contributed by atoms with Gasteiger partial charge in [0.2, 0.25) is 0 Å². The van der Waals surface area contributed by atoms with Crippen molar-refractivity contribution in [3.63, 3.8) is 0 Å². The molecule has 0 aromatic carbocycles. The Kier molecular flexibility index (Phi) is 3.76. The van der Waals surface area contributed by atoms with Crippen LogP contribution in [0.3, 0.4) is 0 Å². The van der Waals surface area contributed by atoms with Crippen molar-refractivity contribution >= 4 is 21.6 Å². The number of nitro groups is 2. The SMILES string of the molecule is O=[N+]([O-])C1=CC=C(/N=N\C2=CC=C([N+](=O)[O-])S2=O)S1=O. The van der Waals surface area contributed by atoms with Crippen LogP contribution in [-0.2, 0) is 21.6 Å². The fraction of sp³-hybridized carbons (Fsp3) is 0. The molecule has 0 aromatic rings. The van der Waals surface area contributed by atoms with E-state index in [1.807, 2.05) is 0 Å². The average molecular weight is 316 g/mol. The van der Waals surface area contributed by atoms with Gasteiger partial charge in [-0.15, -0.1) is 10.2 Å². The maximum Gasteiger partial charge on any atom is 0.339 e. The largest absolute Gasteiger partial charge is 0.339 e. The molecule has 0 spiro atoms. The molecule has 2 aliphatic heterocycles. The van der Waals surface area contributed by atoms with E-state index in [0.717, 1.165) is 24.3 Å². The molecule has 0 fully saturated rings. The van der Waals surface area contributed by atoms with Gasteiger partial charge in [-0.3, -0.25) is 20.2 Å². The lowest BCUT2D eigenvalue weighted by molar-refractivity contribution is -0.410. The Hall–Kier alpha value is -2.34. The highest BCUT2D eigenvalue weighted by Gasteiger charge is 2.30. The normalized spacial score (nSPS) is 25.2. The first-order chi connectivity index (χ1) is 9.41. The van der Waals surface area contributed by atoms with Gasteiger partial charge in [-0.2, -0.15) is 0 Å². The first-order valence-corrected chi connectivity index (χ1v) is 7.10. The second-order valence-corrected chi connectivity index (χ2v) is 6.02. The van der Waals surface area contributed by atoms with E-state index >= 15 is 0 Å². The van der Waals surface area contributed by atoms with E-state index in [1.54, 1.807) is 0 Å². The summed E-state index contributed by atoms with van der Waals surface area (Å²) in [5, 5.41) is 26.5. The van der Waals surface area contributed by atoms with E-state index in [9.17, 15) is 28.6 Å². The second-order valence-electron chi connectivity index (χ2n) is 3.27. The molecule has 0 amide bonds. The van der Waals surface area contributed by atoms with Crippen LogP contribution in [-0.4, -0.2) is 18.3 Å². The predicted molar refractivity (Wildman–Crippen MR) is 67.5 cm³/mol. The Balaban J connectivity index is 2.08. The fourth-order valence-corrected chi connectivity index (χ4v) is 2.94. The third kappa shape index (κ3) is 2.50. The molecule has 0 bridgehead atoms. The minimum atomic E-state index is -2.07. The van der Waals surface area contributed by atoms with Crippen LogP contribution in [0.4, 0.5) is 0 Å². The van der Waals surface area contributed by atoms with Crippen LogP contribution in [0.15, 0.2) is 54.6 Å². The Morgan fingerprint density at radius 1 is 0.800 bits per heavy atom. The Labute approximate surface area is 115 Å². The van der Waals surface area contributed by atoms with E-state index in [-0.39, 0.29) is 10.1 Å². The average Bonchev–Trinajstić information content (AvgIpc) is 2.91. The van der Waals surface area contributed by atoms with Crippen molar-refractivity contribution in [3.05, 3.63) is 64.6 Å². The van der Waals surface area contributed by atoms with Crippen molar-refractivity contribution < 1.29 is 18.3 Å². The second kappa shape index (κ2) is 5.34. The number of hydrogen-bond donors (Lipinski definition) is 0. The lowest BCUT2D eigenvalue weighted by Gasteiger charge is -1.94. The van der Waals surface area contributed by atoms with Gasteiger partial charge < -0.3 is 0 Å². The summed E-state index contributed by atoms with van der Waals surface area (Å²) in [6.45, 7) is 0. The van der Waals surface area contributed by atoms with Crippen molar-refractivity contribution in [3.8, 4) is 0 Å². The monoisotopic (exact) mass is 316 g/mol. The summed E-state index contributed by atoms with van der Waals surface area (Å²) in [7, 11) is -4.14. The molecule has 2 rings (SSSR count). The molecule has 0 radical (unpaired) electrons. The van der Waals surface area contributed by atoms with Gasteiger partial charge in [0.15, 0.2) is 31.7 Å². The molecule has 2 heterocycles. The van der Waals surface area contributed by atoms with Crippen molar-refractivity contribution in [1.29, 1.82) is 0 Å². The van der Waals surface area contributed by atoms with Crippen LogP contribution in [0.25, 0.3) is 0 Å². The third-order valence-electron chi connectivity index (χ3n) is 2.10. The number of allylic oxidation sites excluding steroid dienone is 4. The Morgan fingerprint density at radius 2 is 1.15 bits per heavy atom. The maximum atomic E-state index is 11.6. The summed E-state index contributed by atoms with van der Waals surface area (Å²) in [5.41, 5.74) is 0. The quantitative estimate of drug-likeness (QED) is 0.427. The smallest absolute Gasteiger partial charge is 0.258 e. The summed E-state index contributed by atoms with van der Waals surface area (Å²) in [6, 6.07) is 0. The number of rotatable bonds is 4. The maximum absolute atomic E-state index is 11.6. The number of nitrogens with zero attached hydrogens (tertiary/aromatic N) is 4. The molecular weight excluding hydrogens is 312 g/mol. The van der Waals surface area contributed by atoms with Gasteiger partial charge in [-0.1, -0.05) is 0 Å². The molecule has 0 aliphatic carbocycles. The van der Waals surface area contributed by atoms with Gasteiger partial charge in [0.25, 0.3) is 0 Å². The minimum Gasteiger partial charge on any atom is -0.258 e. The zero-order chi connectivity index (χ0) is 14.9. The van der Waals surface area contributed by atoms with E-state index < -0.39 is 41.5 Å². The van der Waals surface area contributed by atoms with Crippen molar-refractivity contribution in [2.75, 3.05) is 0 Å². The van der Waals surface area contributed by atoms with Crippen LogP contribution >= 0.6 is 0 Å². The molecular formula is C8H4N4O6S2. The molecule has 0 saturated heterocycles. The molecule has 2 atom stereocenters. The van der Waals surface area contributed by atoms with Crippen molar-refractivity contribution in [1.82, 2.24) is 0 Å². The number of hydrogen-bond acceptors (Lipinski definition) is 8. The Morgan fingerprint density at radius 3 is 1.40 bits per heavy atom. The zero-order valence-electron chi connectivity index (χ0n) is 9.36. The molecule has 12 heteroatoms. The zero-order valence-corrected chi connectivity index (χ0v) is 11.0. The van der Waals surface area contributed by atoms with Gasteiger partial charge in [-0.25, -0.2) is 8.42 Å². The highest BCUT2D eigenvalue weighted by atomic mass is 32.2.